The van der Waals surface area contributed by atoms with Crippen LogP contribution in [0.15, 0.2) is 48.5 Å². The second kappa shape index (κ2) is 10.6. The summed E-state index contributed by atoms with van der Waals surface area (Å²) in [5, 5.41) is 5.66. The van der Waals surface area contributed by atoms with Crippen LogP contribution in [0.1, 0.15) is 48.5 Å². The third-order valence-corrected chi connectivity index (χ3v) is 5.15. The van der Waals surface area contributed by atoms with Crippen LogP contribution in [-0.2, 0) is 14.3 Å². The van der Waals surface area contributed by atoms with Crippen molar-refractivity contribution in [1.29, 1.82) is 0 Å². The molecule has 1 aliphatic carbocycles. The molecule has 1 saturated carbocycles. The topological polar surface area (TPSA) is 93.7 Å². The standard InChI is InChI=1S/C24H28N2O5/c1-16-11-13-19(14-12-16)31-17(2)24(29)30-15-22(27)26-21-10-6-5-9-20(21)23(28)25-18-7-3-4-8-18/h5-6,9-14,17-18H,3-4,7-8,15H2,1-2H3,(H,25,28)(H,26,27). The third-order valence-electron chi connectivity index (χ3n) is 5.15. The monoisotopic (exact) mass is 424 g/mol. The van der Waals surface area contributed by atoms with Crippen LogP contribution in [0.4, 0.5) is 5.69 Å². The molecule has 31 heavy (non-hydrogen) atoms. The van der Waals surface area contributed by atoms with Gasteiger partial charge < -0.3 is 20.1 Å². The Morgan fingerprint density at radius 1 is 1.03 bits per heavy atom. The van der Waals surface area contributed by atoms with E-state index < -0.39 is 24.6 Å². The molecule has 0 heterocycles. The first-order chi connectivity index (χ1) is 14.9. The van der Waals surface area contributed by atoms with Crippen molar-refractivity contribution in [2.24, 2.45) is 0 Å². The number of para-hydroxylation sites is 1. The average Bonchev–Trinajstić information content (AvgIpc) is 3.27. The van der Waals surface area contributed by atoms with E-state index in [9.17, 15) is 14.4 Å². The second-order valence-corrected chi connectivity index (χ2v) is 7.73. The Morgan fingerprint density at radius 3 is 2.42 bits per heavy atom. The Hall–Kier alpha value is -3.35. The summed E-state index contributed by atoms with van der Waals surface area (Å²) < 4.78 is 10.6. The molecule has 1 fully saturated rings. The van der Waals surface area contributed by atoms with E-state index >= 15 is 0 Å². The first kappa shape index (κ1) is 22.3. The van der Waals surface area contributed by atoms with E-state index in [-0.39, 0.29) is 11.9 Å². The van der Waals surface area contributed by atoms with Gasteiger partial charge in [-0.05, 0) is 51.0 Å². The quantitative estimate of drug-likeness (QED) is 0.632. The summed E-state index contributed by atoms with van der Waals surface area (Å²) in [4.78, 5) is 37.0. The summed E-state index contributed by atoms with van der Waals surface area (Å²) in [5.74, 6) is -0.860. The van der Waals surface area contributed by atoms with Gasteiger partial charge in [-0.3, -0.25) is 9.59 Å². The largest absolute Gasteiger partial charge is 0.479 e. The minimum atomic E-state index is -0.861. The van der Waals surface area contributed by atoms with Crippen LogP contribution in [0, 0.1) is 6.92 Å². The minimum Gasteiger partial charge on any atom is -0.479 e. The molecule has 7 heteroatoms. The molecule has 0 saturated heterocycles. The molecule has 1 atom stereocenters. The van der Waals surface area contributed by atoms with Crippen molar-refractivity contribution < 1.29 is 23.9 Å². The summed E-state index contributed by atoms with van der Waals surface area (Å²) in [6.07, 6.45) is 3.31. The second-order valence-electron chi connectivity index (χ2n) is 7.73. The van der Waals surface area contributed by atoms with Gasteiger partial charge in [-0.15, -0.1) is 0 Å². The van der Waals surface area contributed by atoms with Crippen molar-refractivity contribution in [3.8, 4) is 5.75 Å². The van der Waals surface area contributed by atoms with E-state index in [0.717, 1.165) is 31.2 Å². The molecular formula is C24H28N2O5. The highest BCUT2D eigenvalue weighted by molar-refractivity contribution is 6.04. The van der Waals surface area contributed by atoms with Crippen LogP contribution in [-0.4, -0.2) is 36.5 Å². The molecule has 0 radical (unpaired) electrons. The summed E-state index contributed by atoms with van der Waals surface area (Å²) in [6.45, 7) is 3.04. The lowest BCUT2D eigenvalue weighted by Crippen LogP contribution is -2.33. The van der Waals surface area contributed by atoms with Gasteiger partial charge in [-0.1, -0.05) is 42.7 Å². The van der Waals surface area contributed by atoms with E-state index in [0.29, 0.717) is 17.0 Å². The Bertz CT molecular complexity index is 920. The Kier molecular flexibility index (Phi) is 7.65. The van der Waals surface area contributed by atoms with Gasteiger partial charge in [0, 0.05) is 6.04 Å². The summed E-state index contributed by atoms with van der Waals surface area (Å²) in [7, 11) is 0. The molecule has 2 aromatic carbocycles. The van der Waals surface area contributed by atoms with Gasteiger partial charge in [-0.2, -0.15) is 0 Å². The number of amides is 2. The first-order valence-corrected chi connectivity index (χ1v) is 10.5. The molecule has 3 rings (SSSR count). The molecule has 0 aromatic heterocycles. The highest BCUT2D eigenvalue weighted by Crippen LogP contribution is 2.20. The van der Waals surface area contributed by atoms with E-state index in [1.54, 1.807) is 43.3 Å². The minimum absolute atomic E-state index is 0.173. The zero-order chi connectivity index (χ0) is 22.2. The zero-order valence-electron chi connectivity index (χ0n) is 17.9. The summed E-state index contributed by atoms with van der Waals surface area (Å²) in [6, 6.07) is 14.2. The fourth-order valence-corrected chi connectivity index (χ4v) is 3.43. The van der Waals surface area contributed by atoms with Gasteiger partial charge in [0.15, 0.2) is 12.7 Å². The highest BCUT2D eigenvalue weighted by Gasteiger charge is 2.21. The molecule has 0 spiro atoms. The lowest BCUT2D eigenvalue weighted by molar-refractivity contribution is -0.153. The fourth-order valence-electron chi connectivity index (χ4n) is 3.43. The number of benzene rings is 2. The first-order valence-electron chi connectivity index (χ1n) is 10.5. The molecule has 1 aliphatic rings. The molecule has 7 nitrogen and oxygen atoms in total. The van der Waals surface area contributed by atoms with Crippen molar-refractivity contribution in [3.05, 3.63) is 59.7 Å². The SMILES string of the molecule is Cc1ccc(OC(C)C(=O)OCC(=O)Nc2ccccc2C(=O)NC2CCCC2)cc1. The average molecular weight is 424 g/mol. The molecule has 2 N–H and O–H groups in total. The maximum atomic E-state index is 12.6. The lowest BCUT2D eigenvalue weighted by atomic mass is 10.1. The van der Waals surface area contributed by atoms with Crippen molar-refractivity contribution in [1.82, 2.24) is 5.32 Å². The predicted molar refractivity (Wildman–Crippen MR) is 117 cm³/mol. The Balaban J connectivity index is 1.50. The smallest absolute Gasteiger partial charge is 0.347 e. The maximum absolute atomic E-state index is 12.6. The normalized spacial score (nSPS) is 14.5. The highest BCUT2D eigenvalue weighted by atomic mass is 16.6. The lowest BCUT2D eigenvalue weighted by Gasteiger charge is -2.16. The predicted octanol–water partition coefficient (Wildman–Crippen LogP) is 3.62. The van der Waals surface area contributed by atoms with E-state index in [4.69, 9.17) is 9.47 Å². The van der Waals surface area contributed by atoms with E-state index in [2.05, 4.69) is 10.6 Å². The van der Waals surface area contributed by atoms with Crippen molar-refractivity contribution in [2.75, 3.05) is 11.9 Å². The van der Waals surface area contributed by atoms with E-state index in [1.165, 1.54) is 0 Å². The third kappa shape index (κ3) is 6.57. The van der Waals surface area contributed by atoms with Gasteiger partial charge in [-0.25, -0.2) is 4.79 Å². The van der Waals surface area contributed by atoms with Gasteiger partial charge in [0.2, 0.25) is 0 Å². The zero-order valence-corrected chi connectivity index (χ0v) is 17.9. The van der Waals surface area contributed by atoms with Gasteiger partial charge in [0.25, 0.3) is 11.8 Å². The van der Waals surface area contributed by atoms with Crippen LogP contribution < -0.4 is 15.4 Å². The molecule has 0 bridgehead atoms. The van der Waals surface area contributed by atoms with Crippen LogP contribution in [0.5, 0.6) is 5.75 Å². The number of ether oxygens (including phenoxy) is 2. The number of carbonyl (C=O) groups is 3. The van der Waals surface area contributed by atoms with E-state index in [1.807, 2.05) is 19.1 Å². The van der Waals surface area contributed by atoms with Crippen LogP contribution in [0.2, 0.25) is 0 Å². The fraction of sp³-hybridized carbons (Fsp3) is 0.375. The molecule has 164 valence electrons. The van der Waals surface area contributed by atoms with Crippen molar-refractivity contribution >= 4 is 23.5 Å². The summed E-state index contributed by atoms with van der Waals surface area (Å²) in [5.41, 5.74) is 1.84. The molecule has 1 unspecified atom stereocenters. The Morgan fingerprint density at radius 2 is 1.71 bits per heavy atom. The number of nitrogens with one attached hydrogen (secondary N) is 2. The van der Waals surface area contributed by atoms with Crippen molar-refractivity contribution in [3.63, 3.8) is 0 Å². The number of hydrogen-bond acceptors (Lipinski definition) is 5. The van der Waals surface area contributed by atoms with Crippen molar-refractivity contribution in [2.45, 2.75) is 51.7 Å². The van der Waals surface area contributed by atoms with Crippen LogP contribution >= 0.6 is 0 Å². The number of anilines is 1. The molecule has 0 aliphatic heterocycles. The van der Waals surface area contributed by atoms with Crippen LogP contribution in [0.3, 0.4) is 0 Å². The number of aryl methyl sites for hydroxylation is 1. The summed E-state index contributed by atoms with van der Waals surface area (Å²) >= 11 is 0. The number of rotatable bonds is 8. The van der Waals surface area contributed by atoms with Gasteiger partial charge in [0.1, 0.15) is 5.75 Å². The van der Waals surface area contributed by atoms with Gasteiger partial charge >= 0.3 is 5.97 Å². The van der Waals surface area contributed by atoms with Crippen LogP contribution in [0.25, 0.3) is 0 Å². The number of hydrogen-bond donors (Lipinski definition) is 2. The molecule has 2 aromatic rings. The molecule has 2 amide bonds. The Labute approximate surface area is 182 Å². The maximum Gasteiger partial charge on any atom is 0.347 e. The molecular weight excluding hydrogens is 396 g/mol. The number of esters is 1. The van der Waals surface area contributed by atoms with Gasteiger partial charge in [0.05, 0.1) is 11.3 Å². The number of carbonyl (C=O) groups excluding carboxylic acids is 3.